The van der Waals surface area contributed by atoms with Crippen LogP contribution in [0.1, 0.15) is 30.2 Å². The molecule has 24 heavy (non-hydrogen) atoms. The summed E-state index contributed by atoms with van der Waals surface area (Å²) in [6.07, 6.45) is 3.23. The predicted molar refractivity (Wildman–Crippen MR) is 93.8 cm³/mol. The van der Waals surface area contributed by atoms with Gasteiger partial charge < -0.3 is 15.4 Å². The van der Waals surface area contributed by atoms with E-state index in [9.17, 15) is 4.79 Å². The molecule has 0 radical (unpaired) electrons. The number of carbonyl (C=O) groups is 1. The molecule has 2 rings (SSSR count). The normalized spacial score (nSPS) is 14.9. The van der Waals surface area contributed by atoms with E-state index in [1.807, 2.05) is 44.4 Å². The number of ether oxygens (including phenoxy) is 1. The monoisotopic (exact) mass is 350 g/mol. The number of nitrogens with one attached hydrogen (secondary N) is 2. The van der Waals surface area contributed by atoms with E-state index in [2.05, 4.69) is 15.7 Å². The molecule has 3 atom stereocenters. The molecular weight excluding hydrogens is 328 g/mol. The van der Waals surface area contributed by atoms with Crippen LogP contribution in [0.2, 0.25) is 5.02 Å². The number of hydrogen-bond acceptors (Lipinski definition) is 4. The molecule has 3 unspecified atom stereocenters. The highest BCUT2D eigenvalue weighted by atomic mass is 35.5. The fraction of sp³-hybridized carbons (Fsp3) is 0.412. The van der Waals surface area contributed by atoms with E-state index in [-0.39, 0.29) is 18.1 Å². The van der Waals surface area contributed by atoms with E-state index in [0.29, 0.717) is 5.02 Å². The first-order valence-corrected chi connectivity index (χ1v) is 8.08. The third-order valence-electron chi connectivity index (χ3n) is 3.89. The number of aryl methyl sites for hydroxylation is 1. The first-order chi connectivity index (χ1) is 11.5. The number of amides is 1. The quantitative estimate of drug-likeness (QED) is 0.803. The summed E-state index contributed by atoms with van der Waals surface area (Å²) in [5.41, 5.74) is 1.77. The lowest BCUT2D eigenvalue weighted by atomic mass is 10.0. The SMILES string of the molecule is CNC(C(=O)NC(C)C(OC)c1ccc(Cl)cc1)c1cnn(C)c1. The lowest BCUT2D eigenvalue weighted by Crippen LogP contribution is -2.43. The Morgan fingerprint density at radius 2 is 1.96 bits per heavy atom. The van der Waals surface area contributed by atoms with Crippen molar-refractivity contribution in [2.24, 2.45) is 7.05 Å². The van der Waals surface area contributed by atoms with Crippen molar-refractivity contribution in [2.45, 2.75) is 25.1 Å². The second-order valence-electron chi connectivity index (χ2n) is 5.67. The number of rotatable bonds is 7. The molecule has 130 valence electrons. The molecule has 1 aromatic heterocycles. The van der Waals surface area contributed by atoms with Crippen LogP contribution in [0.3, 0.4) is 0 Å². The molecule has 2 N–H and O–H groups in total. The highest BCUT2D eigenvalue weighted by Crippen LogP contribution is 2.23. The van der Waals surface area contributed by atoms with Crippen LogP contribution < -0.4 is 10.6 Å². The maximum absolute atomic E-state index is 12.6. The van der Waals surface area contributed by atoms with Gasteiger partial charge in [-0.2, -0.15) is 5.10 Å². The number of aromatic nitrogens is 2. The van der Waals surface area contributed by atoms with Crippen molar-refractivity contribution in [2.75, 3.05) is 14.2 Å². The van der Waals surface area contributed by atoms with Crippen molar-refractivity contribution in [3.63, 3.8) is 0 Å². The fourth-order valence-corrected chi connectivity index (χ4v) is 2.83. The summed E-state index contributed by atoms with van der Waals surface area (Å²) in [7, 11) is 5.19. The van der Waals surface area contributed by atoms with Crippen LogP contribution in [0.15, 0.2) is 36.7 Å². The van der Waals surface area contributed by atoms with E-state index in [0.717, 1.165) is 11.1 Å². The molecular formula is C17H23ClN4O2. The molecule has 0 aliphatic heterocycles. The van der Waals surface area contributed by atoms with Gasteiger partial charge in [0.15, 0.2) is 0 Å². The van der Waals surface area contributed by atoms with E-state index in [4.69, 9.17) is 16.3 Å². The molecule has 1 aromatic carbocycles. The largest absolute Gasteiger partial charge is 0.375 e. The minimum absolute atomic E-state index is 0.131. The van der Waals surface area contributed by atoms with E-state index >= 15 is 0 Å². The number of methoxy groups -OCH3 is 1. The van der Waals surface area contributed by atoms with Gasteiger partial charge in [-0.3, -0.25) is 9.48 Å². The molecule has 0 spiro atoms. The molecule has 2 aromatic rings. The predicted octanol–water partition coefficient (Wildman–Crippen LogP) is 2.23. The summed E-state index contributed by atoms with van der Waals surface area (Å²) in [6, 6.07) is 6.73. The first kappa shape index (κ1) is 18.4. The smallest absolute Gasteiger partial charge is 0.242 e. The number of nitrogens with zero attached hydrogens (tertiary/aromatic N) is 2. The molecule has 0 saturated carbocycles. The Balaban J connectivity index is 2.09. The molecule has 0 fully saturated rings. The molecule has 0 saturated heterocycles. The highest BCUT2D eigenvalue weighted by Gasteiger charge is 2.26. The second kappa shape index (κ2) is 8.28. The highest BCUT2D eigenvalue weighted by molar-refractivity contribution is 6.30. The van der Waals surface area contributed by atoms with Crippen LogP contribution in [0.4, 0.5) is 0 Å². The molecule has 6 nitrogen and oxygen atoms in total. The van der Waals surface area contributed by atoms with Crippen molar-refractivity contribution >= 4 is 17.5 Å². The molecule has 0 aliphatic carbocycles. The van der Waals surface area contributed by atoms with Gasteiger partial charge in [0.25, 0.3) is 0 Å². The third kappa shape index (κ3) is 4.35. The zero-order valence-corrected chi connectivity index (χ0v) is 15.0. The van der Waals surface area contributed by atoms with Crippen LogP contribution in [-0.2, 0) is 16.6 Å². The lowest BCUT2D eigenvalue weighted by Gasteiger charge is -2.26. The maximum Gasteiger partial charge on any atom is 0.242 e. The third-order valence-corrected chi connectivity index (χ3v) is 4.14. The first-order valence-electron chi connectivity index (χ1n) is 7.70. The van der Waals surface area contributed by atoms with Crippen LogP contribution >= 0.6 is 11.6 Å². The van der Waals surface area contributed by atoms with Gasteiger partial charge in [-0.15, -0.1) is 0 Å². The van der Waals surface area contributed by atoms with Gasteiger partial charge in [0, 0.05) is 30.9 Å². The Kier molecular flexibility index (Phi) is 6.36. The molecule has 1 amide bonds. The van der Waals surface area contributed by atoms with Crippen LogP contribution in [0.25, 0.3) is 0 Å². The van der Waals surface area contributed by atoms with E-state index in [1.54, 1.807) is 25.0 Å². The molecule has 0 bridgehead atoms. The number of halogens is 1. The van der Waals surface area contributed by atoms with Crippen LogP contribution in [-0.4, -0.2) is 35.9 Å². The van der Waals surface area contributed by atoms with Crippen molar-refractivity contribution in [1.29, 1.82) is 0 Å². The van der Waals surface area contributed by atoms with Crippen molar-refractivity contribution in [3.05, 3.63) is 52.8 Å². The minimum Gasteiger partial charge on any atom is -0.375 e. The molecule has 7 heteroatoms. The fourth-order valence-electron chi connectivity index (χ4n) is 2.70. The topological polar surface area (TPSA) is 68.2 Å². The Hall–Kier alpha value is -1.89. The van der Waals surface area contributed by atoms with E-state index < -0.39 is 6.04 Å². The zero-order chi connectivity index (χ0) is 17.7. The number of benzene rings is 1. The van der Waals surface area contributed by atoms with Gasteiger partial charge >= 0.3 is 0 Å². The Morgan fingerprint density at radius 1 is 1.29 bits per heavy atom. The Bertz CT molecular complexity index is 671. The molecule has 0 aliphatic rings. The van der Waals surface area contributed by atoms with Crippen molar-refractivity contribution in [3.8, 4) is 0 Å². The number of carbonyl (C=O) groups excluding carboxylic acids is 1. The maximum atomic E-state index is 12.6. The molecule has 1 heterocycles. The van der Waals surface area contributed by atoms with Gasteiger partial charge in [0.2, 0.25) is 5.91 Å². The number of hydrogen-bond donors (Lipinski definition) is 2. The average Bonchev–Trinajstić information content (AvgIpc) is 2.96. The summed E-state index contributed by atoms with van der Waals surface area (Å²) >= 11 is 5.93. The number of likely N-dealkylation sites (N-methyl/N-ethyl adjacent to an activating group) is 1. The van der Waals surface area contributed by atoms with E-state index in [1.165, 1.54) is 0 Å². The summed E-state index contributed by atoms with van der Waals surface area (Å²) in [5, 5.41) is 10.8. The van der Waals surface area contributed by atoms with Gasteiger partial charge in [-0.1, -0.05) is 23.7 Å². The standard InChI is InChI=1S/C17H23ClN4O2/c1-11(16(24-4)12-5-7-14(18)8-6-12)21-17(23)15(19-2)13-9-20-22(3)10-13/h5-11,15-16,19H,1-4H3,(H,21,23). The summed E-state index contributed by atoms with van der Waals surface area (Å²) in [5.74, 6) is -0.131. The summed E-state index contributed by atoms with van der Waals surface area (Å²) in [4.78, 5) is 12.6. The van der Waals surface area contributed by atoms with Crippen LogP contribution in [0.5, 0.6) is 0 Å². The summed E-state index contributed by atoms with van der Waals surface area (Å²) in [6.45, 7) is 1.91. The van der Waals surface area contributed by atoms with Gasteiger partial charge in [0.1, 0.15) is 12.1 Å². The zero-order valence-electron chi connectivity index (χ0n) is 14.3. The second-order valence-corrected chi connectivity index (χ2v) is 6.11. The van der Waals surface area contributed by atoms with Crippen LogP contribution in [0, 0.1) is 0 Å². The van der Waals surface area contributed by atoms with Crippen molar-refractivity contribution < 1.29 is 9.53 Å². The van der Waals surface area contributed by atoms with Gasteiger partial charge in [0.05, 0.1) is 12.2 Å². The minimum atomic E-state index is -0.469. The lowest BCUT2D eigenvalue weighted by molar-refractivity contribution is -0.124. The summed E-state index contributed by atoms with van der Waals surface area (Å²) < 4.78 is 7.24. The van der Waals surface area contributed by atoms with Gasteiger partial charge in [-0.25, -0.2) is 0 Å². The average molecular weight is 351 g/mol. The van der Waals surface area contributed by atoms with Crippen molar-refractivity contribution in [1.82, 2.24) is 20.4 Å². The Morgan fingerprint density at radius 3 is 2.46 bits per heavy atom. The Labute approximate surface area is 147 Å². The van der Waals surface area contributed by atoms with Gasteiger partial charge in [-0.05, 0) is 31.7 Å².